The van der Waals surface area contributed by atoms with Crippen LogP contribution in [0.4, 0.5) is 11.4 Å². The zero-order valence-corrected chi connectivity index (χ0v) is 14.4. The van der Waals surface area contributed by atoms with Gasteiger partial charge in [0.1, 0.15) is 5.75 Å². The van der Waals surface area contributed by atoms with Crippen LogP contribution < -0.4 is 9.64 Å². The van der Waals surface area contributed by atoms with Crippen LogP contribution in [0.5, 0.6) is 5.75 Å². The maximum absolute atomic E-state index is 10.7. The normalized spacial score (nSPS) is 15.2. The molecule has 25 heavy (non-hydrogen) atoms. The summed E-state index contributed by atoms with van der Waals surface area (Å²) in [7, 11) is 0. The Morgan fingerprint density at radius 3 is 2.36 bits per heavy atom. The predicted molar refractivity (Wildman–Crippen MR) is 98.2 cm³/mol. The molecule has 6 heteroatoms. The molecule has 1 heterocycles. The third-order valence-corrected chi connectivity index (χ3v) is 4.43. The fourth-order valence-corrected chi connectivity index (χ4v) is 3.12. The average Bonchev–Trinajstić information content (AvgIpc) is 2.64. The van der Waals surface area contributed by atoms with E-state index < -0.39 is 0 Å². The van der Waals surface area contributed by atoms with Gasteiger partial charge in [0.15, 0.2) is 0 Å². The number of hydrogen-bond donors (Lipinski definition) is 0. The zero-order valence-electron chi connectivity index (χ0n) is 14.4. The van der Waals surface area contributed by atoms with E-state index in [9.17, 15) is 10.1 Å². The number of piperazine rings is 1. The Morgan fingerprint density at radius 1 is 1.04 bits per heavy atom. The summed E-state index contributed by atoms with van der Waals surface area (Å²) >= 11 is 0. The lowest BCUT2D eigenvalue weighted by Gasteiger charge is -2.36. The fraction of sp³-hybridized carbons (Fsp3) is 0.368. The molecule has 0 bridgehead atoms. The average molecular weight is 341 g/mol. The summed E-state index contributed by atoms with van der Waals surface area (Å²) in [4.78, 5) is 15.1. The van der Waals surface area contributed by atoms with Crippen LogP contribution in [0.1, 0.15) is 12.5 Å². The van der Waals surface area contributed by atoms with Gasteiger partial charge in [-0.25, -0.2) is 0 Å². The summed E-state index contributed by atoms with van der Waals surface area (Å²) in [6, 6.07) is 15.0. The summed E-state index contributed by atoms with van der Waals surface area (Å²) in [6.45, 7) is 7.28. The van der Waals surface area contributed by atoms with Crippen LogP contribution in [0.2, 0.25) is 0 Å². The predicted octanol–water partition coefficient (Wildman–Crippen LogP) is 3.32. The summed E-state index contributed by atoms with van der Waals surface area (Å²) in [5.41, 5.74) is 2.40. The molecule has 0 aliphatic carbocycles. The molecule has 0 aromatic heterocycles. The van der Waals surface area contributed by atoms with Crippen molar-refractivity contribution in [1.29, 1.82) is 0 Å². The third-order valence-electron chi connectivity index (χ3n) is 4.43. The van der Waals surface area contributed by atoms with Crippen molar-refractivity contribution in [2.45, 2.75) is 13.5 Å². The number of ether oxygens (including phenoxy) is 1. The van der Waals surface area contributed by atoms with E-state index in [4.69, 9.17) is 4.74 Å². The van der Waals surface area contributed by atoms with Crippen LogP contribution in [0, 0.1) is 10.1 Å². The molecular formula is C19H23N3O3. The van der Waals surface area contributed by atoms with E-state index in [-0.39, 0.29) is 10.6 Å². The molecule has 1 aliphatic heterocycles. The highest BCUT2D eigenvalue weighted by Gasteiger charge is 2.19. The van der Waals surface area contributed by atoms with Crippen LogP contribution in [-0.2, 0) is 6.54 Å². The lowest BCUT2D eigenvalue weighted by Crippen LogP contribution is -2.46. The highest BCUT2D eigenvalue weighted by molar-refractivity contribution is 5.58. The Hall–Kier alpha value is -2.60. The van der Waals surface area contributed by atoms with E-state index in [1.54, 1.807) is 12.1 Å². The number of hydrogen-bond acceptors (Lipinski definition) is 5. The SMILES string of the molecule is CCOc1ccccc1N1CCN(Cc2ccc([N+](=O)[O-])cc2)CC1. The molecule has 3 rings (SSSR count). The van der Waals surface area contributed by atoms with Gasteiger partial charge >= 0.3 is 0 Å². The van der Waals surface area contributed by atoms with Crippen LogP contribution in [0.15, 0.2) is 48.5 Å². The van der Waals surface area contributed by atoms with Gasteiger partial charge in [0, 0.05) is 44.9 Å². The number of nitrogens with zero attached hydrogens (tertiary/aromatic N) is 3. The maximum Gasteiger partial charge on any atom is 0.269 e. The Bertz CT molecular complexity index is 710. The molecule has 2 aromatic carbocycles. The lowest BCUT2D eigenvalue weighted by atomic mass is 10.1. The number of nitro benzene ring substituents is 1. The molecule has 0 saturated carbocycles. The van der Waals surface area contributed by atoms with Gasteiger partial charge in [-0.1, -0.05) is 24.3 Å². The fourth-order valence-electron chi connectivity index (χ4n) is 3.12. The monoisotopic (exact) mass is 341 g/mol. The number of para-hydroxylation sites is 2. The van der Waals surface area contributed by atoms with Crippen LogP contribution >= 0.6 is 0 Å². The van der Waals surface area contributed by atoms with Crippen LogP contribution in [0.3, 0.4) is 0 Å². The molecule has 1 saturated heterocycles. The Morgan fingerprint density at radius 2 is 1.72 bits per heavy atom. The lowest BCUT2D eigenvalue weighted by molar-refractivity contribution is -0.384. The molecule has 2 aromatic rings. The first-order valence-corrected chi connectivity index (χ1v) is 8.60. The number of anilines is 1. The van der Waals surface area contributed by atoms with Crippen LogP contribution in [-0.4, -0.2) is 42.6 Å². The molecule has 0 amide bonds. The molecule has 0 unspecified atom stereocenters. The molecule has 132 valence electrons. The highest BCUT2D eigenvalue weighted by atomic mass is 16.6. The van der Waals surface area contributed by atoms with Crippen molar-refractivity contribution in [1.82, 2.24) is 4.90 Å². The molecule has 1 aliphatic rings. The van der Waals surface area contributed by atoms with Crippen molar-refractivity contribution in [2.75, 3.05) is 37.7 Å². The van der Waals surface area contributed by atoms with Crippen molar-refractivity contribution in [3.05, 3.63) is 64.2 Å². The Balaban J connectivity index is 1.58. The molecule has 0 spiro atoms. The second-order valence-corrected chi connectivity index (χ2v) is 6.09. The van der Waals surface area contributed by atoms with Gasteiger partial charge in [-0.2, -0.15) is 0 Å². The van der Waals surface area contributed by atoms with Crippen molar-refractivity contribution in [3.8, 4) is 5.75 Å². The maximum atomic E-state index is 10.7. The standard InChI is InChI=1S/C19H23N3O3/c1-2-25-19-6-4-3-5-18(19)21-13-11-20(12-14-21)15-16-7-9-17(10-8-16)22(23)24/h3-10H,2,11-15H2,1H3. The van der Waals surface area contributed by atoms with Gasteiger partial charge in [0.05, 0.1) is 17.2 Å². The largest absolute Gasteiger partial charge is 0.492 e. The summed E-state index contributed by atoms with van der Waals surface area (Å²) in [5.74, 6) is 0.939. The molecule has 0 radical (unpaired) electrons. The first kappa shape index (κ1) is 17.2. The van der Waals surface area contributed by atoms with E-state index in [1.807, 2.05) is 37.3 Å². The van der Waals surface area contributed by atoms with E-state index >= 15 is 0 Å². The van der Waals surface area contributed by atoms with E-state index in [0.29, 0.717) is 6.61 Å². The van der Waals surface area contributed by atoms with E-state index in [0.717, 1.165) is 49.7 Å². The van der Waals surface area contributed by atoms with Crippen molar-refractivity contribution >= 4 is 11.4 Å². The molecule has 0 N–H and O–H groups in total. The van der Waals surface area contributed by atoms with Gasteiger partial charge < -0.3 is 9.64 Å². The topological polar surface area (TPSA) is 58.8 Å². The first-order chi connectivity index (χ1) is 12.2. The quantitative estimate of drug-likeness (QED) is 0.596. The number of nitro groups is 1. The van der Waals surface area contributed by atoms with E-state index in [2.05, 4.69) is 15.9 Å². The zero-order chi connectivity index (χ0) is 17.6. The van der Waals surface area contributed by atoms with Gasteiger partial charge in [0.25, 0.3) is 5.69 Å². The van der Waals surface area contributed by atoms with Crippen LogP contribution in [0.25, 0.3) is 0 Å². The third kappa shape index (κ3) is 4.28. The van der Waals surface area contributed by atoms with Crippen molar-refractivity contribution in [2.24, 2.45) is 0 Å². The minimum atomic E-state index is -0.363. The van der Waals surface area contributed by atoms with Crippen molar-refractivity contribution in [3.63, 3.8) is 0 Å². The summed E-state index contributed by atoms with van der Waals surface area (Å²) in [6.07, 6.45) is 0. The molecule has 0 atom stereocenters. The van der Waals surface area contributed by atoms with Gasteiger partial charge in [0.2, 0.25) is 0 Å². The van der Waals surface area contributed by atoms with Crippen molar-refractivity contribution < 1.29 is 9.66 Å². The highest BCUT2D eigenvalue weighted by Crippen LogP contribution is 2.29. The minimum Gasteiger partial charge on any atom is -0.492 e. The Labute approximate surface area is 147 Å². The number of rotatable bonds is 6. The second kappa shape index (κ2) is 7.98. The van der Waals surface area contributed by atoms with Gasteiger partial charge in [-0.3, -0.25) is 15.0 Å². The van der Waals surface area contributed by atoms with Gasteiger partial charge in [-0.05, 0) is 24.6 Å². The smallest absolute Gasteiger partial charge is 0.269 e. The summed E-state index contributed by atoms with van der Waals surface area (Å²) in [5, 5.41) is 10.7. The first-order valence-electron chi connectivity index (χ1n) is 8.60. The number of non-ortho nitro benzene ring substituents is 1. The molecular weight excluding hydrogens is 318 g/mol. The minimum absolute atomic E-state index is 0.140. The summed E-state index contributed by atoms with van der Waals surface area (Å²) < 4.78 is 5.73. The molecule has 6 nitrogen and oxygen atoms in total. The van der Waals surface area contributed by atoms with E-state index in [1.165, 1.54) is 0 Å². The van der Waals surface area contributed by atoms with Gasteiger partial charge in [-0.15, -0.1) is 0 Å². The second-order valence-electron chi connectivity index (χ2n) is 6.09. The molecule has 1 fully saturated rings. The number of benzene rings is 2. The Kier molecular flexibility index (Phi) is 5.50.